The molecule has 4 rings (SSSR count). The molecule has 146 valence electrons. The number of H-pyrrole nitrogens is 1. The van der Waals surface area contributed by atoms with Crippen LogP contribution in [0, 0.1) is 0 Å². The van der Waals surface area contributed by atoms with Crippen molar-refractivity contribution in [1.29, 1.82) is 0 Å². The SMILES string of the molecule is O=C(CCNCCc1c[nH]c2ccccc12)N1CCN(c2ccccn2)CC1. The first-order valence-corrected chi connectivity index (χ1v) is 10.0. The number of aromatic amines is 1. The Labute approximate surface area is 165 Å². The summed E-state index contributed by atoms with van der Waals surface area (Å²) in [5, 5.41) is 4.69. The Balaban J connectivity index is 1.15. The molecule has 2 N–H and O–H groups in total. The van der Waals surface area contributed by atoms with Crippen LogP contribution in [0.5, 0.6) is 0 Å². The maximum absolute atomic E-state index is 12.5. The molecule has 6 nitrogen and oxygen atoms in total. The zero-order valence-corrected chi connectivity index (χ0v) is 16.1. The van der Waals surface area contributed by atoms with Gasteiger partial charge in [-0.15, -0.1) is 0 Å². The van der Waals surface area contributed by atoms with E-state index in [4.69, 9.17) is 0 Å². The quantitative estimate of drug-likeness (QED) is 0.621. The smallest absolute Gasteiger partial charge is 0.223 e. The van der Waals surface area contributed by atoms with Crippen LogP contribution in [0.1, 0.15) is 12.0 Å². The molecule has 1 aliphatic heterocycles. The molecule has 0 unspecified atom stereocenters. The second-order valence-corrected chi connectivity index (χ2v) is 7.17. The van der Waals surface area contributed by atoms with Crippen molar-refractivity contribution in [3.63, 3.8) is 0 Å². The van der Waals surface area contributed by atoms with E-state index in [1.807, 2.05) is 35.4 Å². The summed E-state index contributed by atoms with van der Waals surface area (Å²) in [7, 11) is 0. The van der Waals surface area contributed by atoms with Crippen molar-refractivity contribution in [3.05, 3.63) is 60.4 Å². The molecule has 0 atom stereocenters. The van der Waals surface area contributed by atoms with Gasteiger partial charge in [0.25, 0.3) is 0 Å². The van der Waals surface area contributed by atoms with E-state index in [1.165, 1.54) is 16.5 Å². The summed E-state index contributed by atoms with van der Waals surface area (Å²) in [6, 6.07) is 14.3. The van der Waals surface area contributed by atoms with Gasteiger partial charge in [0.05, 0.1) is 0 Å². The molecular weight excluding hydrogens is 350 g/mol. The number of carbonyl (C=O) groups excluding carboxylic acids is 1. The van der Waals surface area contributed by atoms with E-state index in [-0.39, 0.29) is 5.91 Å². The topological polar surface area (TPSA) is 64.3 Å². The van der Waals surface area contributed by atoms with Crippen LogP contribution in [0.15, 0.2) is 54.9 Å². The molecule has 1 aromatic carbocycles. The van der Waals surface area contributed by atoms with E-state index in [0.717, 1.165) is 51.5 Å². The molecule has 2 aromatic heterocycles. The second-order valence-electron chi connectivity index (χ2n) is 7.17. The Hall–Kier alpha value is -2.86. The zero-order chi connectivity index (χ0) is 19.2. The van der Waals surface area contributed by atoms with Gasteiger partial charge in [0, 0.05) is 62.4 Å². The number of carbonyl (C=O) groups is 1. The van der Waals surface area contributed by atoms with Crippen LogP contribution in [-0.2, 0) is 11.2 Å². The Bertz CT molecular complexity index is 899. The minimum atomic E-state index is 0.236. The van der Waals surface area contributed by atoms with Crippen molar-refractivity contribution < 1.29 is 4.79 Å². The number of rotatable bonds is 7. The van der Waals surface area contributed by atoms with Crippen molar-refractivity contribution in [2.24, 2.45) is 0 Å². The Morgan fingerprint density at radius 1 is 1.04 bits per heavy atom. The predicted octanol–water partition coefficient (Wildman–Crippen LogP) is 2.43. The van der Waals surface area contributed by atoms with Gasteiger partial charge in [0.1, 0.15) is 5.82 Å². The minimum Gasteiger partial charge on any atom is -0.361 e. The Morgan fingerprint density at radius 2 is 1.86 bits per heavy atom. The fourth-order valence-corrected chi connectivity index (χ4v) is 3.77. The van der Waals surface area contributed by atoms with Gasteiger partial charge >= 0.3 is 0 Å². The van der Waals surface area contributed by atoms with Gasteiger partial charge in [0.2, 0.25) is 5.91 Å². The lowest BCUT2D eigenvalue weighted by Crippen LogP contribution is -2.49. The van der Waals surface area contributed by atoms with Gasteiger partial charge in [0.15, 0.2) is 0 Å². The van der Waals surface area contributed by atoms with Gasteiger partial charge in [-0.05, 0) is 36.7 Å². The minimum absolute atomic E-state index is 0.236. The average molecular weight is 377 g/mol. The largest absolute Gasteiger partial charge is 0.361 e. The van der Waals surface area contributed by atoms with Crippen LogP contribution >= 0.6 is 0 Å². The fraction of sp³-hybridized carbons (Fsp3) is 0.364. The molecule has 0 spiro atoms. The molecule has 6 heteroatoms. The van der Waals surface area contributed by atoms with E-state index in [9.17, 15) is 4.79 Å². The van der Waals surface area contributed by atoms with E-state index in [1.54, 1.807) is 0 Å². The number of para-hydroxylation sites is 1. The monoisotopic (exact) mass is 377 g/mol. The van der Waals surface area contributed by atoms with Crippen molar-refractivity contribution in [1.82, 2.24) is 20.2 Å². The first kappa shape index (κ1) is 18.5. The number of fused-ring (bicyclic) bond motifs is 1. The van der Waals surface area contributed by atoms with E-state index < -0.39 is 0 Å². The molecule has 0 radical (unpaired) electrons. The molecule has 28 heavy (non-hydrogen) atoms. The van der Waals surface area contributed by atoms with Crippen molar-refractivity contribution in [2.75, 3.05) is 44.2 Å². The lowest BCUT2D eigenvalue weighted by Gasteiger charge is -2.35. The van der Waals surface area contributed by atoms with Gasteiger partial charge in [-0.2, -0.15) is 0 Å². The van der Waals surface area contributed by atoms with Crippen LogP contribution in [0.3, 0.4) is 0 Å². The maximum Gasteiger partial charge on any atom is 0.223 e. The summed E-state index contributed by atoms with van der Waals surface area (Å²) in [4.78, 5) is 24.4. The fourth-order valence-electron chi connectivity index (χ4n) is 3.77. The molecule has 0 aliphatic carbocycles. The molecule has 1 aliphatic rings. The Kier molecular flexibility index (Phi) is 5.87. The molecule has 1 amide bonds. The van der Waals surface area contributed by atoms with Gasteiger partial charge in [-0.25, -0.2) is 4.98 Å². The number of nitrogens with zero attached hydrogens (tertiary/aromatic N) is 3. The number of piperazine rings is 1. The normalized spacial score (nSPS) is 14.6. The van der Waals surface area contributed by atoms with Crippen molar-refractivity contribution in [2.45, 2.75) is 12.8 Å². The highest BCUT2D eigenvalue weighted by Gasteiger charge is 2.21. The predicted molar refractivity (Wildman–Crippen MR) is 113 cm³/mol. The molecular formula is C22H27N5O. The van der Waals surface area contributed by atoms with Crippen LogP contribution in [0.25, 0.3) is 10.9 Å². The maximum atomic E-state index is 12.5. The zero-order valence-electron chi connectivity index (χ0n) is 16.1. The standard InChI is InChI=1S/C22H27N5O/c28-22(27-15-13-26(14-16-27)21-7-3-4-10-24-21)9-12-23-11-8-18-17-25-20-6-2-1-5-19(18)20/h1-7,10,17,23,25H,8-9,11-16H2. The average Bonchev–Trinajstić information content (AvgIpc) is 3.17. The number of hydrogen-bond donors (Lipinski definition) is 2. The van der Waals surface area contributed by atoms with Gasteiger partial charge in [-0.1, -0.05) is 24.3 Å². The molecule has 0 saturated carbocycles. The van der Waals surface area contributed by atoms with E-state index in [2.05, 4.69) is 44.6 Å². The third-order valence-electron chi connectivity index (χ3n) is 5.37. The van der Waals surface area contributed by atoms with E-state index in [0.29, 0.717) is 6.42 Å². The van der Waals surface area contributed by atoms with Gasteiger partial charge in [-0.3, -0.25) is 4.79 Å². The molecule has 3 heterocycles. The number of pyridine rings is 1. The van der Waals surface area contributed by atoms with Gasteiger partial charge < -0.3 is 20.1 Å². The summed E-state index contributed by atoms with van der Waals surface area (Å²) >= 11 is 0. The van der Waals surface area contributed by atoms with Crippen LogP contribution in [-0.4, -0.2) is 60.0 Å². The number of nitrogens with one attached hydrogen (secondary N) is 2. The van der Waals surface area contributed by atoms with Crippen LogP contribution in [0.4, 0.5) is 5.82 Å². The highest BCUT2D eigenvalue weighted by Crippen LogP contribution is 2.17. The third-order valence-corrected chi connectivity index (χ3v) is 5.37. The van der Waals surface area contributed by atoms with Crippen LogP contribution in [0.2, 0.25) is 0 Å². The molecule has 1 saturated heterocycles. The summed E-state index contributed by atoms with van der Waals surface area (Å²) in [6.07, 6.45) is 5.41. The summed E-state index contributed by atoms with van der Waals surface area (Å²) in [5.41, 5.74) is 2.50. The first-order chi connectivity index (χ1) is 13.8. The molecule has 3 aromatic rings. The van der Waals surface area contributed by atoms with Crippen molar-refractivity contribution in [3.8, 4) is 0 Å². The number of anilines is 1. The number of amides is 1. The lowest BCUT2D eigenvalue weighted by atomic mass is 10.1. The highest BCUT2D eigenvalue weighted by atomic mass is 16.2. The second kappa shape index (κ2) is 8.89. The first-order valence-electron chi connectivity index (χ1n) is 10.0. The molecule has 1 fully saturated rings. The van der Waals surface area contributed by atoms with E-state index >= 15 is 0 Å². The lowest BCUT2D eigenvalue weighted by molar-refractivity contribution is -0.131. The third kappa shape index (κ3) is 4.34. The highest BCUT2D eigenvalue weighted by molar-refractivity contribution is 5.83. The number of hydrogen-bond acceptors (Lipinski definition) is 4. The van der Waals surface area contributed by atoms with Crippen molar-refractivity contribution >= 4 is 22.6 Å². The Morgan fingerprint density at radius 3 is 2.68 bits per heavy atom. The number of benzene rings is 1. The van der Waals surface area contributed by atoms with Crippen LogP contribution < -0.4 is 10.2 Å². The number of aromatic nitrogens is 2. The summed E-state index contributed by atoms with van der Waals surface area (Å²) < 4.78 is 0. The summed E-state index contributed by atoms with van der Waals surface area (Å²) in [6.45, 7) is 4.83. The summed E-state index contributed by atoms with van der Waals surface area (Å²) in [5.74, 6) is 1.23. The molecule has 0 bridgehead atoms.